The zero-order valence-electron chi connectivity index (χ0n) is 18.1. The number of rotatable bonds is 11. The number of amides is 1. The zero-order chi connectivity index (χ0) is 23.0. The van der Waals surface area contributed by atoms with Crippen LogP contribution in [0.1, 0.15) is 40.3 Å². The highest BCUT2D eigenvalue weighted by atomic mass is 32.2. The van der Waals surface area contributed by atoms with Gasteiger partial charge in [0.1, 0.15) is 16.7 Å². The van der Waals surface area contributed by atoms with Gasteiger partial charge in [-0.05, 0) is 66.4 Å². The Morgan fingerprint density at radius 2 is 1.72 bits per heavy atom. The molecular weight excluding hydrogens is 446 g/mol. The van der Waals surface area contributed by atoms with Crippen molar-refractivity contribution in [1.29, 1.82) is 0 Å². The van der Waals surface area contributed by atoms with Crippen molar-refractivity contribution in [2.45, 2.75) is 29.9 Å². The molecule has 1 atom stereocenters. The van der Waals surface area contributed by atoms with Gasteiger partial charge in [0.15, 0.2) is 9.84 Å². The number of ether oxygens (including phenoxy) is 2. The maximum absolute atomic E-state index is 13.3. The van der Waals surface area contributed by atoms with Crippen molar-refractivity contribution >= 4 is 27.1 Å². The van der Waals surface area contributed by atoms with E-state index >= 15 is 0 Å². The van der Waals surface area contributed by atoms with Gasteiger partial charge < -0.3 is 14.8 Å². The molecule has 6 nitrogen and oxygen atoms in total. The second-order valence-corrected chi connectivity index (χ2v) is 10.3. The van der Waals surface area contributed by atoms with Gasteiger partial charge >= 0.3 is 0 Å². The molecule has 0 bridgehead atoms. The molecule has 8 heteroatoms. The van der Waals surface area contributed by atoms with Crippen LogP contribution in [0.25, 0.3) is 0 Å². The first-order valence-electron chi connectivity index (χ1n) is 10.4. The van der Waals surface area contributed by atoms with E-state index in [1.165, 1.54) is 30.6 Å². The van der Waals surface area contributed by atoms with Crippen LogP contribution in [0.3, 0.4) is 0 Å². The fourth-order valence-electron chi connectivity index (χ4n) is 3.09. The first kappa shape index (κ1) is 23.8. The number of hydrogen-bond acceptors (Lipinski definition) is 6. The maximum Gasteiger partial charge on any atom is 0.251 e. The standard InChI is InChI=1S/C24H27NO5S2/c1-3-4-15-30-20-9-7-18(8-10-20)24(26)25-17-23(22-6-5-16-31-22)32(27,28)21-13-11-19(29-2)12-14-21/h5-14,16,23H,3-4,15,17H2,1-2H3,(H,25,26). The van der Waals surface area contributed by atoms with Crippen LogP contribution in [-0.2, 0) is 9.84 Å². The third kappa shape index (κ3) is 5.89. The van der Waals surface area contributed by atoms with Gasteiger partial charge in [-0.3, -0.25) is 4.79 Å². The Morgan fingerprint density at radius 3 is 2.31 bits per heavy atom. The first-order chi connectivity index (χ1) is 15.5. The summed E-state index contributed by atoms with van der Waals surface area (Å²) in [7, 11) is -2.20. The Balaban J connectivity index is 1.73. The van der Waals surface area contributed by atoms with E-state index < -0.39 is 15.1 Å². The fraction of sp³-hybridized carbons (Fsp3) is 0.292. The predicted molar refractivity (Wildman–Crippen MR) is 126 cm³/mol. The molecule has 0 fully saturated rings. The van der Waals surface area contributed by atoms with Gasteiger partial charge in [-0.1, -0.05) is 19.4 Å². The normalized spacial score (nSPS) is 12.2. The molecule has 170 valence electrons. The van der Waals surface area contributed by atoms with Crippen LogP contribution < -0.4 is 14.8 Å². The Labute approximate surface area is 193 Å². The highest BCUT2D eigenvalue weighted by Crippen LogP contribution is 2.32. The van der Waals surface area contributed by atoms with Crippen LogP contribution in [0, 0.1) is 0 Å². The molecule has 0 aliphatic rings. The summed E-state index contributed by atoms with van der Waals surface area (Å²) >= 11 is 1.35. The Hall–Kier alpha value is -2.84. The lowest BCUT2D eigenvalue weighted by Crippen LogP contribution is -2.31. The third-order valence-electron chi connectivity index (χ3n) is 4.95. The smallest absolute Gasteiger partial charge is 0.251 e. The summed E-state index contributed by atoms with van der Waals surface area (Å²) in [6.45, 7) is 2.69. The van der Waals surface area contributed by atoms with Crippen molar-refractivity contribution in [1.82, 2.24) is 5.32 Å². The highest BCUT2D eigenvalue weighted by molar-refractivity contribution is 7.91. The van der Waals surface area contributed by atoms with Gasteiger partial charge in [-0.25, -0.2) is 8.42 Å². The third-order valence-corrected chi connectivity index (χ3v) is 8.19. The minimum atomic E-state index is -3.73. The molecule has 2 aromatic carbocycles. The summed E-state index contributed by atoms with van der Waals surface area (Å²) in [6.07, 6.45) is 2.01. The monoisotopic (exact) mass is 473 g/mol. The summed E-state index contributed by atoms with van der Waals surface area (Å²) in [5.41, 5.74) is 0.444. The van der Waals surface area contributed by atoms with Gasteiger partial charge in [-0.15, -0.1) is 11.3 Å². The molecule has 32 heavy (non-hydrogen) atoms. The minimum absolute atomic E-state index is 0.0392. The van der Waals surface area contributed by atoms with Crippen molar-refractivity contribution in [3.8, 4) is 11.5 Å². The van der Waals surface area contributed by atoms with Gasteiger partial charge in [0.25, 0.3) is 5.91 Å². The van der Waals surface area contributed by atoms with Crippen molar-refractivity contribution in [3.05, 3.63) is 76.5 Å². The molecule has 3 aromatic rings. The quantitative estimate of drug-likeness (QED) is 0.402. The van der Waals surface area contributed by atoms with Crippen LogP contribution in [0.5, 0.6) is 11.5 Å². The summed E-state index contributed by atoms with van der Waals surface area (Å²) in [6, 6.07) is 16.7. The van der Waals surface area contributed by atoms with E-state index in [2.05, 4.69) is 12.2 Å². The summed E-state index contributed by atoms with van der Waals surface area (Å²) in [4.78, 5) is 13.5. The van der Waals surface area contributed by atoms with E-state index in [4.69, 9.17) is 9.47 Å². The Kier molecular flexibility index (Phi) is 8.30. The highest BCUT2D eigenvalue weighted by Gasteiger charge is 2.30. The van der Waals surface area contributed by atoms with E-state index in [9.17, 15) is 13.2 Å². The van der Waals surface area contributed by atoms with Gasteiger partial charge in [0, 0.05) is 17.0 Å². The SMILES string of the molecule is CCCCOc1ccc(C(=O)NCC(c2cccs2)S(=O)(=O)c2ccc(OC)cc2)cc1. The second kappa shape index (κ2) is 11.2. The Morgan fingerprint density at radius 1 is 1.03 bits per heavy atom. The zero-order valence-corrected chi connectivity index (χ0v) is 19.7. The summed E-state index contributed by atoms with van der Waals surface area (Å²) in [5.74, 6) is 0.942. The number of hydrogen-bond donors (Lipinski definition) is 1. The number of sulfone groups is 1. The van der Waals surface area contributed by atoms with E-state index in [1.54, 1.807) is 48.5 Å². The molecule has 1 amide bonds. The number of methoxy groups -OCH3 is 1. The number of unbranched alkanes of at least 4 members (excludes halogenated alkanes) is 1. The van der Waals surface area contributed by atoms with Crippen molar-refractivity contribution in [2.75, 3.05) is 20.3 Å². The van der Waals surface area contributed by atoms with E-state index in [1.807, 2.05) is 5.38 Å². The molecule has 1 N–H and O–H groups in total. The minimum Gasteiger partial charge on any atom is -0.497 e. The van der Waals surface area contributed by atoms with E-state index in [0.717, 1.165) is 12.8 Å². The van der Waals surface area contributed by atoms with E-state index in [0.29, 0.717) is 28.5 Å². The largest absolute Gasteiger partial charge is 0.497 e. The van der Waals surface area contributed by atoms with Crippen LogP contribution in [-0.4, -0.2) is 34.6 Å². The predicted octanol–water partition coefficient (Wildman–Crippen LogP) is 4.88. The molecule has 0 radical (unpaired) electrons. The Bertz CT molecular complexity index is 1090. The number of carbonyl (C=O) groups excluding carboxylic acids is 1. The van der Waals surface area contributed by atoms with Gasteiger partial charge in [-0.2, -0.15) is 0 Å². The molecule has 0 saturated heterocycles. The number of benzene rings is 2. The van der Waals surface area contributed by atoms with Crippen molar-refractivity contribution in [2.24, 2.45) is 0 Å². The van der Waals surface area contributed by atoms with Gasteiger partial charge in [0.05, 0.1) is 18.6 Å². The van der Waals surface area contributed by atoms with Crippen LogP contribution >= 0.6 is 11.3 Å². The molecule has 3 rings (SSSR count). The lowest BCUT2D eigenvalue weighted by atomic mass is 10.2. The molecular formula is C24H27NO5S2. The number of thiophene rings is 1. The van der Waals surface area contributed by atoms with Crippen LogP contribution in [0.15, 0.2) is 70.9 Å². The summed E-state index contributed by atoms with van der Waals surface area (Å²) < 4.78 is 37.4. The molecule has 0 aliphatic carbocycles. The second-order valence-electron chi connectivity index (χ2n) is 7.16. The lowest BCUT2D eigenvalue weighted by Gasteiger charge is -2.18. The number of carbonyl (C=O) groups is 1. The van der Waals surface area contributed by atoms with Crippen LogP contribution in [0.2, 0.25) is 0 Å². The first-order valence-corrected chi connectivity index (χ1v) is 12.8. The molecule has 1 heterocycles. The average molecular weight is 474 g/mol. The van der Waals surface area contributed by atoms with Crippen molar-refractivity contribution < 1.29 is 22.7 Å². The topological polar surface area (TPSA) is 81.7 Å². The lowest BCUT2D eigenvalue weighted by molar-refractivity contribution is 0.0953. The van der Waals surface area contributed by atoms with E-state index in [-0.39, 0.29) is 17.3 Å². The maximum atomic E-state index is 13.3. The fourth-order valence-corrected chi connectivity index (χ4v) is 5.88. The average Bonchev–Trinajstić information content (AvgIpc) is 3.34. The molecule has 0 saturated carbocycles. The molecule has 1 unspecified atom stereocenters. The molecule has 0 aliphatic heterocycles. The molecule has 0 spiro atoms. The van der Waals surface area contributed by atoms with Crippen LogP contribution in [0.4, 0.5) is 0 Å². The molecule has 1 aromatic heterocycles. The number of nitrogens with one attached hydrogen (secondary N) is 1. The van der Waals surface area contributed by atoms with Crippen molar-refractivity contribution in [3.63, 3.8) is 0 Å². The van der Waals surface area contributed by atoms with Gasteiger partial charge in [0.2, 0.25) is 0 Å². The summed E-state index contributed by atoms with van der Waals surface area (Å²) in [5, 5.41) is 3.71.